The fraction of sp³-hybridized carbons (Fsp3) is 0.143. The van der Waals surface area contributed by atoms with E-state index in [4.69, 9.17) is 5.84 Å². The van der Waals surface area contributed by atoms with Gasteiger partial charge in [-0.3, -0.25) is 16.0 Å². The van der Waals surface area contributed by atoms with Crippen LogP contribution in [0.4, 0.5) is 11.4 Å². The van der Waals surface area contributed by atoms with Crippen molar-refractivity contribution in [2.75, 3.05) is 11.7 Å². The van der Waals surface area contributed by atoms with Gasteiger partial charge in [0.05, 0.1) is 10.6 Å². The zero-order chi connectivity index (χ0) is 9.84. The third kappa shape index (κ3) is 2.10. The minimum absolute atomic E-state index is 0.0725. The number of anilines is 1. The van der Waals surface area contributed by atoms with Gasteiger partial charge in [-0.25, -0.2) is 0 Å². The van der Waals surface area contributed by atoms with Crippen molar-refractivity contribution >= 4 is 23.1 Å². The number of nitrogen functional groups attached to an aromatic ring is 1. The van der Waals surface area contributed by atoms with Gasteiger partial charge in [0.1, 0.15) is 0 Å². The number of rotatable bonds is 3. The molecule has 0 aliphatic carbocycles. The highest BCUT2D eigenvalue weighted by Crippen LogP contribution is 2.28. The van der Waals surface area contributed by atoms with Crippen molar-refractivity contribution in [2.45, 2.75) is 4.90 Å². The maximum absolute atomic E-state index is 10.4. The lowest BCUT2D eigenvalue weighted by Gasteiger charge is -2.04. The molecule has 0 atom stereocenters. The molecule has 0 saturated heterocycles. The van der Waals surface area contributed by atoms with Crippen molar-refractivity contribution in [1.29, 1.82) is 0 Å². The van der Waals surface area contributed by atoms with Crippen molar-refractivity contribution in [1.82, 2.24) is 0 Å². The Hall–Kier alpha value is -1.27. The van der Waals surface area contributed by atoms with Gasteiger partial charge in [0.15, 0.2) is 0 Å². The molecule has 0 aliphatic rings. The topological polar surface area (TPSA) is 81.2 Å². The summed E-state index contributed by atoms with van der Waals surface area (Å²) in [6.45, 7) is 0. The van der Waals surface area contributed by atoms with Crippen LogP contribution in [0.3, 0.4) is 0 Å². The first-order valence-electron chi connectivity index (χ1n) is 3.48. The molecule has 0 heterocycles. The third-order valence-corrected chi connectivity index (χ3v) is 2.33. The van der Waals surface area contributed by atoms with Crippen LogP contribution in [0.5, 0.6) is 0 Å². The van der Waals surface area contributed by atoms with Crippen LogP contribution in [-0.2, 0) is 0 Å². The summed E-state index contributed by atoms with van der Waals surface area (Å²) < 4.78 is 0. The maximum atomic E-state index is 10.4. The highest BCUT2D eigenvalue weighted by atomic mass is 32.2. The lowest BCUT2D eigenvalue weighted by atomic mass is 10.3. The van der Waals surface area contributed by atoms with Gasteiger partial charge in [-0.15, -0.1) is 11.8 Å². The van der Waals surface area contributed by atoms with E-state index in [-0.39, 0.29) is 5.69 Å². The molecule has 5 nitrogen and oxygen atoms in total. The number of nitro groups is 1. The molecule has 0 unspecified atom stereocenters. The quantitative estimate of drug-likeness (QED) is 0.334. The van der Waals surface area contributed by atoms with Crippen molar-refractivity contribution in [3.05, 3.63) is 28.3 Å². The second-order valence-corrected chi connectivity index (χ2v) is 3.13. The van der Waals surface area contributed by atoms with Crippen LogP contribution in [0.25, 0.3) is 0 Å². The second kappa shape index (κ2) is 4.11. The Balaban J connectivity index is 3.13. The molecule has 6 heteroatoms. The molecule has 0 bridgehead atoms. The van der Waals surface area contributed by atoms with Gasteiger partial charge in [-0.1, -0.05) is 0 Å². The second-order valence-electron chi connectivity index (χ2n) is 2.29. The Morgan fingerprint density at radius 2 is 2.31 bits per heavy atom. The fourth-order valence-corrected chi connectivity index (χ4v) is 1.50. The zero-order valence-corrected chi connectivity index (χ0v) is 7.80. The number of nitrogens with zero attached hydrogens (tertiary/aromatic N) is 1. The van der Waals surface area contributed by atoms with Gasteiger partial charge >= 0.3 is 0 Å². The summed E-state index contributed by atoms with van der Waals surface area (Å²) in [5, 5.41) is 10.4. The minimum Gasteiger partial charge on any atom is -0.323 e. The number of thioether (sulfide) groups is 1. The predicted octanol–water partition coefficient (Wildman–Crippen LogP) is 1.60. The SMILES string of the molecule is CSc1cc([N+](=O)[O-])ccc1NN. The van der Waals surface area contributed by atoms with Gasteiger partial charge < -0.3 is 5.43 Å². The van der Waals surface area contributed by atoms with Gasteiger partial charge in [0.25, 0.3) is 5.69 Å². The van der Waals surface area contributed by atoms with Gasteiger partial charge in [0, 0.05) is 17.0 Å². The molecule has 0 saturated carbocycles. The molecular weight excluding hydrogens is 190 g/mol. The first-order valence-corrected chi connectivity index (χ1v) is 4.70. The number of hydrogen-bond donors (Lipinski definition) is 2. The summed E-state index contributed by atoms with van der Waals surface area (Å²) in [5.41, 5.74) is 3.23. The zero-order valence-electron chi connectivity index (χ0n) is 6.98. The van der Waals surface area contributed by atoms with E-state index < -0.39 is 4.92 Å². The summed E-state index contributed by atoms with van der Waals surface area (Å²) in [6.07, 6.45) is 1.83. The van der Waals surface area contributed by atoms with Crippen LogP contribution in [0.15, 0.2) is 23.1 Å². The average molecular weight is 199 g/mol. The normalized spacial score (nSPS) is 9.69. The van der Waals surface area contributed by atoms with Crippen LogP contribution >= 0.6 is 11.8 Å². The molecular formula is C7H9N3O2S. The number of hydrogen-bond acceptors (Lipinski definition) is 5. The number of non-ortho nitro benzene ring substituents is 1. The largest absolute Gasteiger partial charge is 0.323 e. The van der Waals surface area contributed by atoms with E-state index in [2.05, 4.69) is 5.43 Å². The molecule has 1 rings (SSSR count). The predicted molar refractivity (Wildman–Crippen MR) is 52.7 cm³/mol. The first-order chi connectivity index (χ1) is 6.19. The van der Waals surface area contributed by atoms with Crippen LogP contribution < -0.4 is 11.3 Å². The number of hydrazine groups is 1. The van der Waals surface area contributed by atoms with Gasteiger partial charge in [-0.05, 0) is 12.3 Å². The molecule has 1 aromatic rings. The molecule has 70 valence electrons. The highest BCUT2D eigenvalue weighted by molar-refractivity contribution is 7.98. The molecule has 0 spiro atoms. The molecule has 13 heavy (non-hydrogen) atoms. The number of nitrogens with two attached hydrogens (primary N) is 1. The van der Waals surface area contributed by atoms with Crippen molar-refractivity contribution in [2.24, 2.45) is 5.84 Å². The molecule has 1 aromatic carbocycles. The third-order valence-electron chi connectivity index (χ3n) is 1.55. The summed E-state index contributed by atoms with van der Waals surface area (Å²) in [4.78, 5) is 10.7. The smallest absolute Gasteiger partial charge is 0.270 e. The first kappa shape index (κ1) is 9.82. The maximum Gasteiger partial charge on any atom is 0.270 e. The Morgan fingerprint density at radius 1 is 1.62 bits per heavy atom. The van der Waals surface area contributed by atoms with E-state index in [1.165, 1.54) is 23.9 Å². The van der Waals surface area contributed by atoms with E-state index in [0.29, 0.717) is 5.69 Å². The van der Waals surface area contributed by atoms with Gasteiger partial charge in [0.2, 0.25) is 0 Å². The summed E-state index contributed by atoms with van der Waals surface area (Å²) in [7, 11) is 0. The minimum atomic E-state index is -0.431. The van der Waals surface area contributed by atoms with E-state index in [0.717, 1.165) is 4.90 Å². The van der Waals surface area contributed by atoms with E-state index in [1.54, 1.807) is 6.07 Å². The molecule has 0 aliphatic heterocycles. The average Bonchev–Trinajstić information content (AvgIpc) is 2.16. The lowest BCUT2D eigenvalue weighted by molar-refractivity contribution is -0.385. The van der Waals surface area contributed by atoms with E-state index in [9.17, 15) is 10.1 Å². The van der Waals surface area contributed by atoms with Crippen molar-refractivity contribution < 1.29 is 4.92 Å². The van der Waals surface area contributed by atoms with Crippen LogP contribution in [-0.4, -0.2) is 11.2 Å². The number of benzene rings is 1. The van der Waals surface area contributed by atoms with Crippen LogP contribution in [0.1, 0.15) is 0 Å². The van der Waals surface area contributed by atoms with E-state index >= 15 is 0 Å². The Kier molecular flexibility index (Phi) is 3.10. The Morgan fingerprint density at radius 3 is 2.77 bits per heavy atom. The Bertz CT molecular complexity index is 330. The number of nitro benzene ring substituents is 1. The summed E-state index contributed by atoms with van der Waals surface area (Å²) in [5.74, 6) is 5.22. The van der Waals surface area contributed by atoms with Gasteiger partial charge in [-0.2, -0.15) is 0 Å². The standard InChI is InChI=1S/C7H9N3O2S/c1-13-7-4-5(10(11)12)2-3-6(7)9-8/h2-4,9H,8H2,1H3. The number of nitrogens with one attached hydrogen (secondary N) is 1. The molecule has 0 fully saturated rings. The van der Waals surface area contributed by atoms with E-state index in [1.807, 2.05) is 6.26 Å². The van der Waals surface area contributed by atoms with Crippen molar-refractivity contribution in [3.63, 3.8) is 0 Å². The molecule has 3 N–H and O–H groups in total. The fourth-order valence-electron chi connectivity index (χ4n) is 0.913. The molecule has 0 aromatic heterocycles. The Labute approximate surface area is 79.4 Å². The lowest BCUT2D eigenvalue weighted by Crippen LogP contribution is -2.07. The molecule has 0 amide bonds. The highest BCUT2D eigenvalue weighted by Gasteiger charge is 2.08. The monoisotopic (exact) mass is 199 g/mol. The summed E-state index contributed by atoms with van der Waals surface area (Å²) in [6, 6.07) is 4.48. The van der Waals surface area contributed by atoms with Crippen LogP contribution in [0, 0.1) is 10.1 Å². The van der Waals surface area contributed by atoms with Crippen molar-refractivity contribution in [3.8, 4) is 0 Å². The molecule has 0 radical (unpaired) electrons. The van der Waals surface area contributed by atoms with Crippen LogP contribution in [0.2, 0.25) is 0 Å². The summed E-state index contributed by atoms with van der Waals surface area (Å²) >= 11 is 1.40.